The van der Waals surface area contributed by atoms with Crippen molar-refractivity contribution >= 4 is 5.91 Å². The third kappa shape index (κ3) is 2.08. The first kappa shape index (κ1) is 11.5. The zero-order chi connectivity index (χ0) is 11.8. The summed E-state index contributed by atoms with van der Waals surface area (Å²) in [6.07, 6.45) is 3.90. The normalized spacial score (nSPS) is 38.4. The molecule has 2 aliphatic heterocycles. The smallest absolute Gasteiger partial charge is 0.240 e. The Balaban J connectivity index is 1.62. The van der Waals surface area contributed by atoms with Crippen molar-refractivity contribution < 1.29 is 4.79 Å². The number of fused-ring (bicyclic) bond motifs is 1. The number of nitrogens with zero attached hydrogens (tertiary/aromatic N) is 2. The maximum atomic E-state index is 12.5. The van der Waals surface area contributed by atoms with Crippen LogP contribution in [-0.4, -0.2) is 61.5 Å². The summed E-state index contributed by atoms with van der Waals surface area (Å²) < 4.78 is 0. The van der Waals surface area contributed by atoms with Crippen LogP contribution in [0.4, 0.5) is 0 Å². The second kappa shape index (κ2) is 4.58. The van der Waals surface area contributed by atoms with E-state index in [9.17, 15) is 4.79 Å². The van der Waals surface area contributed by atoms with Crippen LogP contribution in [0.3, 0.4) is 0 Å². The fraction of sp³-hybridized carbons (Fsp3) is 0.923. The summed E-state index contributed by atoms with van der Waals surface area (Å²) in [5.74, 6) is 1.77. The molecule has 1 amide bonds. The van der Waals surface area contributed by atoms with E-state index in [1.54, 1.807) is 0 Å². The number of amides is 1. The van der Waals surface area contributed by atoms with Gasteiger partial charge in [0.1, 0.15) is 0 Å². The van der Waals surface area contributed by atoms with Crippen LogP contribution in [-0.2, 0) is 4.79 Å². The van der Waals surface area contributed by atoms with E-state index in [0.29, 0.717) is 11.8 Å². The third-order valence-corrected chi connectivity index (χ3v) is 4.83. The van der Waals surface area contributed by atoms with Crippen molar-refractivity contribution in [3.05, 3.63) is 0 Å². The number of carbonyl (C=O) groups excluding carboxylic acids is 1. The van der Waals surface area contributed by atoms with Crippen molar-refractivity contribution in [2.45, 2.75) is 25.3 Å². The van der Waals surface area contributed by atoms with Crippen LogP contribution in [0.25, 0.3) is 0 Å². The Morgan fingerprint density at radius 1 is 1.18 bits per heavy atom. The SMILES string of the molecule is CN1CCN(C(=O)C2NCC3CCCC32)CC1. The number of carbonyl (C=O) groups is 1. The molecule has 4 nitrogen and oxygen atoms in total. The first-order chi connectivity index (χ1) is 8.25. The van der Waals surface area contributed by atoms with E-state index < -0.39 is 0 Å². The maximum Gasteiger partial charge on any atom is 0.240 e. The van der Waals surface area contributed by atoms with Gasteiger partial charge in [0.25, 0.3) is 0 Å². The molecule has 2 heterocycles. The lowest BCUT2D eigenvalue weighted by Crippen LogP contribution is -2.53. The minimum atomic E-state index is 0.130. The van der Waals surface area contributed by atoms with E-state index in [1.807, 2.05) is 0 Å². The molecule has 3 rings (SSSR count). The van der Waals surface area contributed by atoms with Gasteiger partial charge in [-0.05, 0) is 38.3 Å². The van der Waals surface area contributed by atoms with Crippen LogP contribution in [0.2, 0.25) is 0 Å². The molecule has 0 spiro atoms. The predicted octanol–water partition coefficient (Wildman–Crippen LogP) is 0.149. The van der Waals surface area contributed by atoms with Crippen molar-refractivity contribution in [1.82, 2.24) is 15.1 Å². The molecule has 0 aromatic rings. The average Bonchev–Trinajstić information content (AvgIpc) is 2.90. The Kier molecular flexibility index (Phi) is 3.09. The second-order valence-corrected chi connectivity index (χ2v) is 5.87. The molecule has 3 aliphatic rings. The van der Waals surface area contributed by atoms with E-state index >= 15 is 0 Å². The Hall–Kier alpha value is -0.610. The number of nitrogens with one attached hydrogen (secondary N) is 1. The van der Waals surface area contributed by atoms with Gasteiger partial charge in [0.05, 0.1) is 6.04 Å². The lowest BCUT2D eigenvalue weighted by atomic mass is 9.93. The molecule has 3 atom stereocenters. The van der Waals surface area contributed by atoms with Gasteiger partial charge in [-0.2, -0.15) is 0 Å². The molecule has 0 radical (unpaired) electrons. The first-order valence-corrected chi connectivity index (χ1v) is 6.96. The van der Waals surface area contributed by atoms with Crippen molar-refractivity contribution in [2.24, 2.45) is 11.8 Å². The maximum absolute atomic E-state index is 12.5. The summed E-state index contributed by atoms with van der Waals surface area (Å²) in [6.45, 7) is 4.92. The molecular formula is C13H23N3O. The summed E-state index contributed by atoms with van der Waals surface area (Å²) in [4.78, 5) is 16.9. The Morgan fingerprint density at radius 2 is 1.94 bits per heavy atom. The monoisotopic (exact) mass is 237 g/mol. The third-order valence-electron chi connectivity index (χ3n) is 4.83. The fourth-order valence-corrected chi connectivity index (χ4v) is 3.68. The molecular weight excluding hydrogens is 214 g/mol. The highest BCUT2D eigenvalue weighted by molar-refractivity contribution is 5.82. The molecule has 3 fully saturated rings. The van der Waals surface area contributed by atoms with Crippen LogP contribution < -0.4 is 5.32 Å². The molecule has 3 unspecified atom stereocenters. The van der Waals surface area contributed by atoms with Gasteiger partial charge in [-0.3, -0.25) is 4.79 Å². The van der Waals surface area contributed by atoms with Crippen LogP contribution in [0.1, 0.15) is 19.3 Å². The zero-order valence-electron chi connectivity index (χ0n) is 10.7. The first-order valence-electron chi connectivity index (χ1n) is 6.96. The van der Waals surface area contributed by atoms with Gasteiger partial charge in [0, 0.05) is 26.2 Å². The Morgan fingerprint density at radius 3 is 2.71 bits per heavy atom. The molecule has 1 saturated carbocycles. The largest absolute Gasteiger partial charge is 0.339 e. The highest BCUT2D eigenvalue weighted by Gasteiger charge is 2.43. The molecule has 0 bridgehead atoms. The van der Waals surface area contributed by atoms with Crippen molar-refractivity contribution in [2.75, 3.05) is 39.8 Å². The molecule has 0 aromatic carbocycles. The van der Waals surface area contributed by atoms with Crippen LogP contribution >= 0.6 is 0 Å². The summed E-state index contributed by atoms with van der Waals surface area (Å²) in [5, 5.41) is 3.46. The van der Waals surface area contributed by atoms with Gasteiger partial charge < -0.3 is 15.1 Å². The molecule has 1 aliphatic carbocycles. The van der Waals surface area contributed by atoms with Gasteiger partial charge in [-0.1, -0.05) is 6.42 Å². The number of likely N-dealkylation sites (N-methyl/N-ethyl adjacent to an activating group) is 1. The lowest BCUT2D eigenvalue weighted by Gasteiger charge is -2.35. The Labute approximate surface area is 103 Å². The highest BCUT2D eigenvalue weighted by Crippen LogP contribution is 2.38. The van der Waals surface area contributed by atoms with Gasteiger partial charge in [-0.25, -0.2) is 0 Å². The summed E-state index contributed by atoms with van der Waals surface area (Å²) in [6, 6.07) is 0.130. The summed E-state index contributed by atoms with van der Waals surface area (Å²) in [5.41, 5.74) is 0. The minimum Gasteiger partial charge on any atom is -0.339 e. The van der Waals surface area contributed by atoms with Crippen molar-refractivity contribution in [3.63, 3.8) is 0 Å². The molecule has 1 N–H and O–H groups in total. The number of hydrogen-bond donors (Lipinski definition) is 1. The van der Waals surface area contributed by atoms with Gasteiger partial charge in [0.15, 0.2) is 0 Å². The van der Waals surface area contributed by atoms with Crippen LogP contribution in [0, 0.1) is 11.8 Å². The fourth-order valence-electron chi connectivity index (χ4n) is 3.68. The molecule has 0 aromatic heterocycles. The van der Waals surface area contributed by atoms with E-state index in [4.69, 9.17) is 0 Å². The zero-order valence-corrected chi connectivity index (χ0v) is 10.7. The Bertz CT molecular complexity index is 299. The summed E-state index contributed by atoms with van der Waals surface area (Å²) in [7, 11) is 2.13. The number of hydrogen-bond acceptors (Lipinski definition) is 3. The van der Waals surface area contributed by atoms with E-state index in [0.717, 1.165) is 38.6 Å². The average molecular weight is 237 g/mol. The second-order valence-electron chi connectivity index (χ2n) is 5.87. The van der Waals surface area contributed by atoms with Gasteiger partial charge >= 0.3 is 0 Å². The van der Waals surface area contributed by atoms with Crippen molar-refractivity contribution in [1.29, 1.82) is 0 Å². The highest BCUT2D eigenvalue weighted by atomic mass is 16.2. The molecule has 2 saturated heterocycles. The van der Waals surface area contributed by atoms with Gasteiger partial charge in [-0.15, -0.1) is 0 Å². The summed E-state index contributed by atoms with van der Waals surface area (Å²) >= 11 is 0. The standard InChI is InChI=1S/C13H23N3O/c1-15-5-7-16(8-6-15)13(17)12-11-4-2-3-10(11)9-14-12/h10-12,14H,2-9H2,1H3. The minimum absolute atomic E-state index is 0.130. The van der Waals surface area contributed by atoms with Gasteiger partial charge in [0.2, 0.25) is 5.91 Å². The molecule has 96 valence electrons. The lowest BCUT2D eigenvalue weighted by molar-refractivity contribution is -0.135. The van der Waals surface area contributed by atoms with E-state index in [1.165, 1.54) is 19.3 Å². The van der Waals surface area contributed by atoms with E-state index in [-0.39, 0.29) is 6.04 Å². The molecule has 4 heteroatoms. The predicted molar refractivity (Wildman–Crippen MR) is 66.7 cm³/mol. The van der Waals surface area contributed by atoms with Crippen molar-refractivity contribution in [3.8, 4) is 0 Å². The number of piperazine rings is 1. The molecule has 17 heavy (non-hydrogen) atoms. The van der Waals surface area contributed by atoms with Crippen LogP contribution in [0.5, 0.6) is 0 Å². The van der Waals surface area contributed by atoms with E-state index in [2.05, 4.69) is 22.2 Å². The van der Waals surface area contributed by atoms with Crippen LogP contribution in [0.15, 0.2) is 0 Å². The number of rotatable bonds is 1. The topological polar surface area (TPSA) is 35.6 Å². The quantitative estimate of drug-likeness (QED) is 0.705.